The van der Waals surface area contributed by atoms with Gasteiger partial charge in [0, 0.05) is 44.8 Å². The molecule has 8 nitrogen and oxygen atoms in total. The van der Waals surface area contributed by atoms with E-state index in [2.05, 4.69) is 19.9 Å². The van der Waals surface area contributed by atoms with Gasteiger partial charge in [-0.15, -0.1) is 11.3 Å². The standard InChI is InChI=1S/C23H22FN5O3S2.2H2/c1-15(29-11-9-19-20(24)3-2-4-21(19)29)22(30)26-16-13-28(14-16)17-5-7-18(8-6-17)34(31,32)27-23-25-10-12-33-23;;/h2-12,15-16H,13-14H2,1H3,(H,25,27)(H,26,30);2*1H/t15-;;/m0../s1. The Morgan fingerprint density at radius 1 is 1.21 bits per heavy atom. The Morgan fingerprint density at radius 2 is 1.97 bits per heavy atom. The molecule has 0 spiro atoms. The van der Waals surface area contributed by atoms with Gasteiger partial charge in [0.15, 0.2) is 5.13 Å². The summed E-state index contributed by atoms with van der Waals surface area (Å²) in [6.07, 6.45) is 3.26. The lowest BCUT2D eigenvalue weighted by Crippen LogP contribution is -2.60. The third-order valence-electron chi connectivity index (χ3n) is 5.90. The molecule has 0 saturated carbocycles. The number of carbonyl (C=O) groups is 1. The Labute approximate surface area is 203 Å². The second-order valence-corrected chi connectivity index (χ2v) is 10.7. The Hall–Kier alpha value is -3.44. The molecule has 0 bridgehead atoms. The molecule has 1 fully saturated rings. The normalized spacial score (nSPS) is 15.2. The van der Waals surface area contributed by atoms with Gasteiger partial charge < -0.3 is 14.8 Å². The van der Waals surface area contributed by atoms with E-state index >= 15 is 0 Å². The van der Waals surface area contributed by atoms with E-state index in [1.54, 1.807) is 65.5 Å². The molecule has 1 saturated heterocycles. The van der Waals surface area contributed by atoms with Crippen LogP contribution in [0.1, 0.15) is 15.8 Å². The first kappa shape index (κ1) is 22.4. The van der Waals surface area contributed by atoms with Gasteiger partial charge in [-0.05, 0) is 49.4 Å². The van der Waals surface area contributed by atoms with Crippen molar-refractivity contribution in [1.29, 1.82) is 0 Å². The number of nitrogens with one attached hydrogen (secondary N) is 2. The van der Waals surface area contributed by atoms with Crippen LogP contribution in [0.5, 0.6) is 0 Å². The summed E-state index contributed by atoms with van der Waals surface area (Å²) in [5.74, 6) is -0.447. The zero-order valence-electron chi connectivity index (χ0n) is 18.2. The highest BCUT2D eigenvalue weighted by Gasteiger charge is 2.30. The number of sulfonamides is 1. The number of nitrogens with zero attached hydrogens (tertiary/aromatic N) is 3. The minimum atomic E-state index is -3.69. The SMILES string of the molecule is C[C@@H](C(=O)NC1CN(c2ccc(S(=O)(=O)Nc3nccs3)cc2)C1)n1ccc2c(F)cccc21.[HH].[HH]. The maximum absolute atomic E-state index is 14.0. The summed E-state index contributed by atoms with van der Waals surface area (Å²) < 4.78 is 43.1. The van der Waals surface area contributed by atoms with E-state index in [4.69, 9.17) is 0 Å². The summed E-state index contributed by atoms with van der Waals surface area (Å²) in [4.78, 5) is 18.9. The number of rotatable bonds is 7. The molecule has 5 rings (SSSR count). The number of anilines is 2. The molecule has 2 N–H and O–H groups in total. The summed E-state index contributed by atoms with van der Waals surface area (Å²) in [7, 11) is -3.69. The van der Waals surface area contributed by atoms with E-state index in [0.717, 1.165) is 5.69 Å². The van der Waals surface area contributed by atoms with Crippen LogP contribution in [0, 0.1) is 5.82 Å². The largest absolute Gasteiger partial charge is 0.367 e. The third-order valence-corrected chi connectivity index (χ3v) is 8.07. The Balaban J connectivity index is 0.00000180. The first-order valence-electron chi connectivity index (χ1n) is 10.6. The molecule has 1 atom stereocenters. The maximum Gasteiger partial charge on any atom is 0.263 e. The molecule has 11 heteroatoms. The summed E-state index contributed by atoms with van der Waals surface area (Å²) in [6.45, 7) is 3.01. The van der Waals surface area contributed by atoms with Gasteiger partial charge in [-0.2, -0.15) is 0 Å². The lowest BCUT2D eigenvalue weighted by atomic mass is 10.1. The molecule has 0 aliphatic carbocycles. The van der Waals surface area contributed by atoms with Crippen LogP contribution >= 0.6 is 11.3 Å². The van der Waals surface area contributed by atoms with E-state index in [-0.39, 0.29) is 25.5 Å². The molecule has 0 unspecified atom stereocenters. The van der Waals surface area contributed by atoms with Crippen molar-refractivity contribution in [2.45, 2.75) is 23.9 Å². The number of halogens is 1. The van der Waals surface area contributed by atoms with E-state index in [1.807, 2.05) is 0 Å². The topological polar surface area (TPSA) is 96.3 Å². The van der Waals surface area contributed by atoms with Crippen molar-refractivity contribution in [3.05, 3.63) is 72.1 Å². The van der Waals surface area contributed by atoms with Gasteiger partial charge in [-0.25, -0.2) is 17.8 Å². The number of hydrogen-bond donors (Lipinski definition) is 2. The highest BCUT2D eigenvalue weighted by atomic mass is 32.2. The molecule has 4 aromatic rings. The molecule has 0 radical (unpaired) electrons. The van der Waals surface area contributed by atoms with Crippen LogP contribution in [-0.4, -0.2) is 43.0 Å². The van der Waals surface area contributed by atoms with E-state index in [0.29, 0.717) is 29.1 Å². The maximum atomic E-state index is 14.0. The molecular formula is C23H26FN5O3S2. The molecule has 2 aromatic carbocycles. The van der Waals surface area contributed by atoms with E-state index in [1.165, 1.54) is 23.6 Å². The fraction of sp³-hybridized carbons (Fsp3) is 0.217. The predicted molar refractivity (Wildman–Crippen MR) is 134 cm³/mol. The number of fused-ring (bicyclic) bond motifs is 1. The third kappa shape index (κ3) is 4.24. The number of aromatic nitrogens is 2. The molecule has 1 aliphatic heterocycles. The van der Waals surface area contributed by atoms with Crippen molar-refractivity contribution < 1.29 is 20.5 Å². The van der Waals surface area contributed by atoms with Gasteiger partial charge in [0.2, 0.25) is 5.91 Å². The van der Waals surface area contributed by atoms with E-state index < -0.39 is 16.1 Å². The van der Waals surface area contributed by atoms with Crippen LogP contribution in [0.25, 0.3) is 10.9 Å². The highest BCUT2D eigenvalue weighted by molar-refractivity contribution is 7.93. The number of amides is 1. The van der Waals surface area contributed by atoms with Gasteiger partial charge in [0.25, 0.3) is 10.0 Å². The molecule has 2 aromatic heterocycles. The number of hydrogen-bond acceptors (Lipinski definition) is 6. The number of thiazole rings is 1. The smallest absolute Gasteiger partial charge is 0.263 e. The first-order valence-corrected chi connectivity index (χ1v) is 13.0. The van der Waals surface area contributed by atoms with Gasteiger partial charge in [0.1, 0.15) is 11.9 Å². The Morgan fingerprint density at radius 3 is 2.68 bits per heavy atom. The average molecular weight is 504 g/mol. The van der Waals surface area contributed by atoms with Crippen LogP contribution in [0.15, 0.2) is 71.2 Å². The molecule has 180 valence electrons. The van der Waals surface area contributed by atoms with Crippen LogP contribution in [-0.2, 0) is 14.8 Å². The van der Waals surface area contributed by atoms with Crippen LogP contribution in [0.2, 0.25) is 0 Å². The molecule has 1 aliphatic rings. The molecular weight excluding hydrogens is 477 g/mol. The fourth-order valence-corrected chi connectivity index (χ4v) is 5.79. The molecule has 1 amide bonds. The molecule has 34 heavy (non-hydrogen) atoms. The fourth-order valence-electron chi connectivity index (χ4n) is 4.00. The monoisotopic (exact) mass is 503 g/mol. The van der Waals surface area contributed by atoms with Crippen molar-refractivity contribution in [3.63, 3.8) is 0 Å². The van der Waals surface area contributed by atoms with Crippen molar-refractivity contribution in [2.24, 2.45) is 0 Å². The highest BCUT2D eigenvalue weighted by Crippen LogP contribution is 2.26. The summed E-state index contributed by atoms with van der Waals surface area (Å²) in [5, 5.41) is 5.54. The first-order chi connectivity index (χ1) is 16.3. The van der Waals surface area contributed by atoms with Gasteiger partial charge >= 0.3 is 0 Å². The summed E-state index contributed by atoms with van der Waals surface area (Å²) >= 11 is 1.21. The zero-order valence-corrected chi connectivity index (χ0v) is 19.8. The van der Waals surface area contributed by atoms with Crippen molar-refractivity contribution in [3.8, 4) is 0 Å². The second kappa shape index (κ2) is 8.73. The Bertz CT molecular complexity index is 1440. The quantitative estimate of drug-likeness (QED) is 0.396. The number of carbonyl (C=O) groups excluding carboxylic acids is 1. The van der Waals surface area contributed by atoms with Crippen LogP contribution in [0.4, 0.5) is 15.2 Å². The molecule has 3 heterocycles. The lowest BCUT2D eigenvalue weighted by Gasteiger charge is -2.41. The van der Waals surface area contributed by atoms with Crippen molar-refractivity contribution >= 4 is 49.0 Å². The Kier molecular flexibility index (Phi) is 5.74. The van der Waals surface area contributed by atoms with E-state index in [9.17, 15) is 17.6 Å². The average Bonchev–Trinajstić information content (AvgIpc) is 3.45. The lowest BCUT2D eigenvalue weighted by molar-refractivity contribution is -0.124. The van der Waals surface area contributed by atoms with Gasteiger partial charge in [0.05, 0.1) is 16.5 Å². The van der Waals surface area contributed by atoms with Gasteiger partial charge in [-0.3, -0.25) is 9.52 Å². The minimum absolute atomic E-state index is 0. The van der Waals surface area contributed by atoms with Crippen molar-refractivity contribution in [1.82, 2.24) is 14.9 Å². The summed E-state index contributed by atoms with van der Waals surface area (Å²) in [6, 6.07) is 12.6. The van der Waals surface area contributed by atoms with Crippen LogP contribution in [0.3, 0.4) is 0 Å². The second-order valence-electron chi connectivity index (χ2n) is 8.12. The minimum Gasteiger partial charge on any atom is -0.367 e. The number of benzene rings is 2. The predicted octanol–water partition coefficient (Wildman–Crippen LogP) is 4.10. The van der Waals surface area contributed by atoms with Crippen molar-refractivity contribution in [2.75, 3.05) is 22.7 Å². The van der Waals surface area contributed by atoms with Gasteiger partial charge in [-0.1, -0.05) is 6.07 Å². The zero-order chi connectivity index (χ0) is 23.9. The van der Waals surface area contributed by atoms with Crippen LogP contribution < -0.4 is 14.9 Å². The summed E-state index contributed by atoms with van der Waals surface area (Å²) in [5.41, 5.74) is 1.55.